The molecule has 1 unspecified atom stereocenters. The number of benzene rings is 2. The van der Waals surface area contributed by atoms with Crippen LogP contribution in [0.1, 0.15) is 69.5 Å². The molecule has 0 spiro atoms. The number of rotatable bonds is 10. The van der Waals surface area contributed by atoms with Crippen LogP contribution >= 0.6 is 23.4 Å². The predicted molar refractivity (Wildman–Crippen MR) is 157 cm³/mol. The summed E-state index contributed by atoms with van der Waals surface area (Å²) in [5.41, 5.74) is 3.03. The lowest BCUT2D eigenvalue weighted by Gasteiger charge is -2.30. The minimum Gasteiger partial charge on any atom is -0.493 e. The van der Waals surface area contributed by atoms with Crippen LogP contribution in [0, 0.1) is 0 Å². The standard InChI is InChI=1S/C30H35ClN4O4S/c1-4-16-38-24-15-14-20(17-25(24)37-3)27-26(28(36)39-22-11-6-5-7-12-22)19(2)32-29-33-30(34-35(27)29)40-18-21-10-8-9-13-23(21)31/h8-10,13-15,17,22,27H,4-7,11-12,16,18H2,1-3H3,(H,32,33,34). The molecular formula is C30H35ClN4O4S. The van der Waals surface area contributed by atoms with E-state index in [1.807, 2.05) is 49.4 Å². The van der Waals surface area contributed by atoms with Crippen molar-refractivity contribution < 1.29 is 19.0 Å². The van der Waals surface area contributed by atoms with E-state index in [4.69, 9.17) is 35.9 Å². The Kier molecular flexibility index (Phi) is 9.22. The van der Waals surface area contributed by atoms with Crippen molar-refractivity contribution in [3.05, 3.63) is 69.9 Å². The van der Waals surface area contributed by atoms with Gasteiger partial charge in [0, 0.05) is 16.5 Å². The first-order chi connectivity index (χ1) is 19.5. The second kappa shape index (κ2) is 13.0. The summed E-state index contributed by atoms with van der Waals surface area (Å²) in [6.45, 7) is 4.52. The van der Waals surface area contributed by atoms with E-state index in [1.54, 1.807) is 11.8 Å². The van der Waals surface area contributed by atoms with Crippen LogP contribution in [-0.2, 0) is 15.3 Å². The molecule has 0 amide bonds. The number of fused-ring (bicyclic) bond motifs is 1. The molecule has 0 saturated heterocycles. The first-order valence-corrected chi connectivity index (χ1v) is 15.2. The Morgan fingerprint density at radius 3 is 2.70 bits per heavy atom. The van der Waals surface area contributed by atoms with Gasteiger partial charge in [-0.05, 0) is 68.4 Å². The zero-order valence-electron chi connectivity index (χ0n) is 23.1. The van der Waals surface area contributed by atoms with E-state index < -0.39 is 6.04 Å². The molecule has 1 aliphatic carbocycles. The summed E-state index contributed by atoms with van der Waals surface area (Å²) in [6.07, 6.45) is 5.94. The first-order valence-electron chi connectivity index (χ1n) is 13.8. The van der Waals surface area contributed by atoms with Gasteiger partial charge in [0.05, 0.1) is 19.3 Å². The Morgan fingerprint density at radius 1 is 1.15 bits per heavy atom. The van der Waals surface area contributed by atoms with Gasteiger partial charge in [-0.1, -0.05) is 61.0 Å². The summed E-state index contributed by atoms with van der Waals surface area (Å²) in [6, 6.07) is 12.9. The quantitative estimate of drug-likeness (QED) is 0.198. The second-order valence-corrected chi connectivity index (χ2v) is 11.4. The molecule has 1 saturated carbocycles. The smallest absolute Gasteiger partial charge is 0.338 e. The van der Waals surface area contributed by atoms with Gasteiger partial charge >= 0.3 is 5.97 Å². The third-order valence-electron chi connectivity index (χ3n) is 7.16. The molecular weight excluding hydrogens is 548 g/mol. The van der Waals surface area contributed by atoms with Crippen molar-refractivity contribution >= 4 is 35.3 Å². The summed E-state index contributed by atoms with van der Waals surface area (Å²) in [5.74, 6) is 2.09. The summed E-state index contributed by atoms with van der Waals surface area (Å²) in [7, 11) is 1.62. The van der Waals surface area contributed by atoms with Gasteiger partial charge in [-0.2, -0.15) is 4.98 Å². The van der Waals surface area contributed by atoms with Crippen LogP contribution in [0.25, 0.3) is 0 Å². The minimum atomic E-state index is -0.552. The number of hydrogen-bond donors (Lipinski definition) is 1. The Labute approximate surface area is 244 Å². The highest BCUT2D eigenvalue weighted by Gasteiger charge is 2.37. The molecule has 1 fully saturated rings. The monoisotopic (exact) mass is 582 g/mol. The maximum absolute atomic E-state index is 13.7. The number of thioether (sulfide) groups is 1. The molecule has 5 rings (SSSR count). The third kappa shape index (κ3) is 6.25. The van der Waals surface area contributed by atoms with Crippen molar-refractivity contribution in [2.45, 2.75) is 75.4 Å². The van der Waals surface area contributed by atoms with Crippen LogP contribution in [0.4, 0.5) is 5.95 Å². The maximum Gasteiger partial charge on any atom is 0.338 e. The molecule has 2 aliphatic rings. The molecule has 40 heavy (non-hydrogen) atoms. The maximum atomic E-state index is 13.7. The normalized spacial score (nSPS) is 17.2. The van der Waals surface area contributed by atoms with E-state index in [-0.39, 0.29) is 12.1 Å². The van der Waals surface area contributed by atoms with E-state index in [1.165, 1.54) is 18.2 Å². The van der Waals surface area contributed by atoms with Gasteiger partial charge in [-0.25, -0.2) is 9.48 Å². The molecule has 10 heteroatoms. The highest BCUT2D eigenvalue weighted by Crippen LogP contribution is 2.40. The number of esters is 1. The summed E-state index contributed by atoms with van der Waals surface area (Å²) in [5, 5.41) is 9.43. The van der Waals surface area contributed by atoms with Crippen molar-refractivity contribution in [3.63, 3.8) is 0 Å². The van der Waals surface area contributed by atoms with Crippen LogP contribution in [0.2, 0.25) is 5.02 Å². The fourth-order valence-corrected chi connectivity index (χ4v) is 6.22. The molecule has 1 N–H and O–H groups in total. The lowest BCUT2D eigenvalue weighted by Crippen LogP contribution is -2.32. The topological polar surface area (TPSA) is 87.5 Å². The highest BCUT2D eigenvalue weighted by molar-refractivity contribution is 7.98. The van der Waals surface area contributed by atoms with Crippen LogP contribution < -0.4 is 14.8 Å². The Hall–Kier alpha value is -3.17. The number of carbonyl (C=O) groups excluding carboxylic acids is 1. The molecule has 212 valence electrons. The van der Waals surface area contributed by atoms with E-state index >= 15 is 0 Å². The number of allylic oxidation sites excluding steroid dienone is 1. The Morgan fingerprint density at radius 2 is 1.95 bits per heavy atom. The SMILES string of the molecule is CCCOc1ccc(C2C(C(=O)OC3CCCCC3)=C(C)Nc3nc(SCc4ccccc4Cl)nn32)cc1OC. The van der Waals surface area contributed by atoms with Gasteiger partial charge in [0.2, 0.25) is 11.1 Å². The molecule has 1 atom stereocenters. The first kappa shape index (κ1) is 28.4. The van der Waals surface area contributed by atoms with Gasteiger partial charge in [0.1, 0.15) is 12.1 Å². The molecule has 0 bridgehead atoms. The number of nitrogens with one attached hydrogen (secondary N) is 1. The largest absolute Gasteiger partial charge is 0.493 e. The van der Waals surface area contributed by atoms with Crippen LogP contribution in [0.15, 0.2) is 58.9 Å². The number of aromatic nitrogens is 3. The van der Waals surface area contributed by atoms with Crippen molar-refractivity contribution in [3.8, 4) is 11.5 Å². The number of halogens is 1. The van der Waals surface area contributed by atoms with Crippen molar-refractivity contribution in [1.29, 1.82) is 0 Å². The van der Waals surface area contributed by atoms with Crippen LogP contribution in [0.5, 0.6) is 11.5 Å². The van der Waals surface area contributed by atoms with E-state index in [2.05, 4.69) is 12.2 Å². The molecule has 1 aliphatic heterocycles. The lowest BCUT2D eigenvalue weighted by molar-refractivity contribution is -0.146. The average molecular weight is 583 g/mol. The number of hydrogen-bond acceptors (Lipinski definition) is 8. The average Bonchev–Trinajstić information content (AvgIpc) is 3.37. The van der Waals surface area contributed by atoms with Crippen molar-refractivity contribution in [2.24, 2.45) is 0 Å². The van der Waals surface area contributed by atoms with E-state index in [0.29, 0.717) is 51.3 Å². The number of nitrogens with zero attached hydrogens (tertiary/aromatic N) is 3. The van der Waals surface area contributed by atoms with Gasteiger partial charge < -0.3 is 19.5 Å². The number of carbonyl (C=O) groups is 1. The summed E-state index contributed by atoms with van der Waals surface area (Å²) >= 11 is 7.86. The van der Waals surface area contributed by atoms with Crippen LogP contribution in [-0.4, -0.2) is 40.6 Å². The summed E-state index contributed by atoms with van der Waals surface area (Å²) in [4.78, 5) is 18.5. The molecule has 1 aromatic heterocycles. The second-order valence-electron chi connectivity index (χ2n) is 10.0. The molecule has 2 heterocycles. The number of ether oxygens (including phenoxy) is 3. The third-order valence-corrected chi connectivity index (χ3v) is 8.41. The zero-order valence-corrected chi connectivity index (χ0v) is 24.7. The van der Waals surface area contributed by atoms with Gasteiger partial charge in [-0.15, -0.1) is 5.10 Å². The molecule has 3 aromatic rings. The van der Waals surface area contributed by atoms with Gasteiger partial charge in [-0.3, -0.25) is 0 Å². The highest BCUT2D eigenvalue weighted by atomic mass is 35.5. The predicted octanol–water partition coefficient (Wildman–Crippen LogP) is 7.19. The molecule has 8 nitrogen and oxygen atoms in total. The minimum absolute atomic E-state index is 0.0690. The van der Waals surface area contributed by atoms with Gasteiger partial charge in [0.25, 0.3) is 0 Å². The number of methoxy groups -OCH3 is 1. The van der Waals surface area contributed by atoms with Crippen molar-refractivity contribution in [2.75, 3.05) is 19.0 Å². The fourth-order valence-electron chi connectivity index (χ4n) is 5.11. The fraction of sp³-hybridized carbons (Fsp3) is 0.433. The van der Waals surface area contributed by atoms with E-state index in [0.717, 1.165) is 43.2 Å². The van der Waals surface area contributed by atoms with Crippen molar-refractivity contribution in [1.82, 2.24) is 14.8 Å². The molecule has 2 aromatic carbocycles. The Bertz CT molecular complexity index is 1390. The van der Waals surface area contributed by atoms with E-state index in [9.17, 15) is 4.79 Å². The lowest BCUT2D eigenvalue weighted by atomic mass is 9.94. The Balaban J connectivity index is 1.50. The summed E-state index contributed by atoms with van der Waals surface area (Å²) < 4.78 is 19.4. The zero-order chi connectivity index (χ0) is 28.1. The van der Waals surface area contributed by atoms with Gasteiger partial charge in [0.15, 0.2) is 11.5 Å². The van der Waals surface area contributed by atoms with Crippen LogP contribution in [0.3, 0.4) is 0 Å². The molecule has 0 radical (unpaired) electrons. The number of anilines is 1.